The number of benzene rings is 3. The molecule has 4 rings (SSSR count). The first kappa shape index (κ1) is 24.1. The van der Waals surface area contributed by atoms with Gasteiger partial charge in [-0.05, 0) is 67.1 Å². The largest absolute Gasteiger partial charge is 0.497 e. The number of alkyl halides is 3. The molecule has 1 N–H and O–H groups in total. The van der Waals surface area contributed by atoms with Crippen molar-refractivity contribution in [2.75, 3.05) is 7.11 Å². The summed E-state index contributed by atoms with van der Waals surface area (Å²) < 4.78 is 64.8. The van der Waals surface area contributed by atoms with Gasteiger partial charge in [0.25, 0.3) is 0 Å². The lowest BCUT2D eigenvalue weighted by Crippen LogP contribution is -2.45. The zero-order valence-corrected chi connectivity index (χ0v) is 18.7. The van der Waals surface area contributed by atoms with Crippen molar-refractivity contribution in [1.29, 1.82) is 0 Å². The SMILES string of the molecule is COc1cccc([C@@H](Oc2ccc3c(cnn3-c3ccc(F)cc3)c2)C(C)NC(=O)C(F)(F)F)c1. The standard InChI is InChI=1S/C25H21F4N3O3/c1-15(31-24(33)25(27,28)29)23(16-4-3-5-20(12-16)34-2)35-21-10-11-22-17(13-21)14-30-32(22)19-8-6-18(26)7-9-19/h3-15,23H,1-2H3,(H,31,33)/t15?,23-/m0/s1. The van der Waals surface area contributed by atoms with E-state index in [2.05, 4.69) is 5.10 Å². The highest BCUT2D eigenvalue weighted by atomic mass is 19.4. The Morgan fingerprint density at radius 1 is 1.03 bits per heavy atom. The second kappa shape index (κ2) is 9.65. The summed E-state index contributed by atoms with van der Waals surface area (Å²) >= 11 is 0. The van der Waals surface area contributed by atoms with Gasteiger partial charge < -0.3 is 14.8 Å². The number of methoxy groups -OCH3 is 1. The van der Waals surface area contributed by atoms with Gasteiger partial charge >= 0.3 is 12.1 Å². The molecular formula is C25H21F4N3O3. The smallest absolute Gasteiger partial charge is 0.471 e. The molecule has 0 aliphatic rings. The second-order valence-corrected chi connectivity index (χ2v) is 7.83. The predicted octanol–water partition coefficient (Wildman–Crippen LogP) is 5.36. The minimum Gasteiger partial charge on any atom is -0.497 e. The van der Waals surface area contributed by atoms with Crippen LogP contribution < -0.4 is 14.8 Å². The lowest BCUT2D eigenvalue weighted by Gasteiger charge is -2.27. The summed E-state index contributed by atoms with van der Waals surface area (Å²) in [6, 6.07) is 16.6. The quantitative estimate of drug-likeness (QED) is 0.357. The highest BCUT2D eigenvalue weighted by Crippen LogP contribution is 2.31. The molecule has 3 aromatic carbocycles. The fraction of sp³-hybridized carbons (Fsp3) is 0.200. The Kier molecular flexibility index (Phi) is 6.63. The molecule has 0 bridgehead atoms. The van der Waals surface area contributed by atoms with Crippen LogP contribution >= 0.6 is 0 Å². The molecule has 10 heteroatoms. The van der Waals surface area contributed by atoms with Gasteiger partial charge in [-0.1, -0.05) is 12.1 Å². The fourth-order valence-electron chi connectivity index (χ4n) is 3.66. The molecule has 6 nitrogen and oxygen atoms in total. The fourth-order valence-corrected chi connectivity index (χ4v) is 3.66. The van der Waals surface area contributed by atoms with Crippen LogP contribution in [0.3, 0.4) is 0 Å². The molecule has 182 valence electrons. The number of nitrogens with zero attached hydrogens (tertiary/aromatic N) is 2. The third-order valence-corrected chi connectivity index (χ3v) is 5.37. The lowest BCUT2D eigenvalue weighted by molar-refractivity contribution is -0.174. The van der Waals surface area contributed by atoms with E-state index in [0.29, 0.717) is 28.1 Å². The van der Waals surface area contributed by atoms with Crippen LogP contribution in [-0.4, -0.2) is 35.0 Å². The van der Waals surface area contributed by atoms with E-state index >= 15 is 0 Å². The topological polar surface area (TPSA) is 65.4 Å². The van der Waals surface area contributed by atoms with E-state index in [9.17, 15) is 22.4 Å². The molecule has 1 aromatic heterocycles. The van der Waals surface area contributed by atoms with Crippen molar-refractivity contribution in [3.8, 4) is 17.2 Å². The van der Waals surface area contributed by atoms with Crippen molar-refractivity contribution in [1.82, 2.24) is 15.1 Å². The molecule has 0 aliphatic heterocycles. The van der Waals surface area contributed by atoms with E-state index in [4.69, 9.17) is 9.47 Å². The molecule has 0 radical (unpaired) electrons. The molecule has 0 spiro atoms. The number of hydrogen-bond donors (Lipinski definition) is 1. The zero-order valence-electron chi connectivity index (χ0n) is 18.7. The Morgan fingerprint density at radius 2 is 1.77 bits per heavy atom. The van der Waals surface area contributed by atoms with Gasteiger partial charge in [-0.2, -0.15) is 18.3 Å². The number of carbonyl (C=O) groups is 1. The first-order chi connectivity index (χ1) is 16.7. The molecule has 0 saturated heterocycles. The molecular weight excluding hydrogens is 466 g/mol. The number of carbonyl (C=O) groups excluding carboxylic acids is 1. The Bertz CT molecular complexity index is 1340. The van der Waals surface area contributed by atoms with E-state index in [1.807, 2.05) is 5.32 Å². The van der Waals surface area contributed by atoms with E-state index < -0.39 is 24.2 Å². The molecule has 1 heterocycles. The highest BCUT2D eigenvalue weighted by Gasteiger charge is 2.40. The summed E-state index contributed by atoms with van der Waals surface area (Å²) in [5.41, 5.74) is 1.90. The minimum atomic E-state index is -5.03. The minimum absolute atomic E-state index is 0.358. The van der Waals surface area contributed by atoms with Gasteiger partial charge in [0, 0.05) is 5.39 Å². The summed E-state index contributed by atoms with van der Waals surface area (Å²) in [7, 11) is 1.47. The number of ether oxygens (including phenoxy) is 2. The molecule has 4 aromatic rings. The summed E-state index contributed by atoms with van der Waals surface area (Å²) in [4.78, 5) is 11.6. The first-order valence-electron chi connectivity index (χ1n) is 10.6. The van der Waals surface area contributed by atoms with Crippen LogP contribution in [0, 0.1) is 5.82 Å². The monoisotopic (exact) mass is 487 g/mol. The maximum Gasteiger partial charge on any atom is 0.471 e. The maximum atomic E-state index is 13.3. The number of rotatable bonds is 7. The normalized spacial score (nSPS) is 13.3. The molecule has 2 atom stereocenters. The number of hydrogen-bond acceptors (Lipinski definition) is 4. The third kappa shape index (κ3) is 5.37. The van der Waals surface area contributed by atoms with Crippen molar-refractivity contribution in [3.05, 3.63) is 84.3 Å². The number of aromatic nitrogens is 2. The van der Waals surface area contributed by atoms with Crippen molar-refractivity contribution in [2.45, 2.75) is 25.2 Å². The van der Waals surface area contributed by atoms with Gasteiger partial charge in [0.05, 0.1) is 30.6 Å². The number of fused-ring (bicyclic) bond motifs is 1. The average Bonchev–Trinajstić information content (AvgIpc) is 3.25. The van der Waals surface area contributed by atoms with Crippen LogP contribution in [0.4, 0.5) is 17.6 Å². The first-order valence-corrected chi connectivity index (χ1v) is 10.6. The van der Waals surface area contributed by atoms with Gasteiger partial charge in [-0.15, -0.1) is 0 Å². The molecule has 0 fully saturated rings. The third-order valence-electron chi connectivity index (χ3n) is 5.37. The Hall–Kier alpha value is -4.08. The van der Waals surface area contributed by atoms with Crippen LogP contribution in [0.25, 0.3) is 16.6 Å². The van der Waals surface area contributed by atoms with Crippen molar-refractivity contribution in [2.24, 2.45) is 0 Å². The van der Waals surface area contributed by atoms with E-state index in [-0.39, 0.29) is 5.82 Å². The average molecular weight is 487 g/mol. The lowest BCUT2D eigenvalue weighted by atomic mass is 10.0. The Labute approximate surface area is 198 Å². The highest BCUT2D eigenvalue weighted by molar-refractivity contribution is 5.82. The van der Waals surface area contributed by atoms with E-state index in [1.165, 1.54) is 26.2 Å². The van der Waals surface area contributed by atoms with Crippen LogP contribution in [-0.2, 0) is 4.79 Å². The molecule has 0 aliphatic carbocycles. The van der Waals surface area contributed by atoms with Crippen molar-refractivity contribution in [3.63, 3.8) is 0 Å². The van der Waals surface area contributed by atoms with Gasteiger partial charge in [-0.3, -0.25) is 4.79 Å². The molecule has 1 unspecified atom stereocenters. The summed E-state index contributed by atoms with van der Waals surface area (Å²) in [6.07, 6.45) is -4.39. The van der Waals surface area contributed by atoms with Gasteiger partial charge in [0.2, 0.25) is 0 Å². The van der Waals surface area contributed by atoms with Crippen molar-refractivity contribution >= 4 is 16.8 Å². The molecule has 0 saturated carbocycles. The summed E-state index contributed by atoms with van der Waals surface area (Å²) in [6.45, 7) is 1.43. The number of amides is 1. The molecule has 1 amide bonds. The Morgan fingerprint density at radius 3 is 2.46 bits per heavy atom. The Balaban J connectivity index is 1.65. The molecule has 35 heavy (non-hydrogen) atoms. The number of nitrogens with one attached hydrogen (secondary N) is 1. The van der Waals surface area contributed by atoms with Crippen LogP contribution in [0.2, 0.25) is 0 Å². The van der Waals surface area contributed by atoms with Gasteiger partial charge in [0.15, 0.2) is 0 Å². The van der Waals surface area contributed by atoms with Crippen LogP contribution in [0.15, 0.2) is 72.9 Å². The summed E-state index contributed by atoms with van der Waals surface area (Å²) in [5, 5.41) is 7.00. The van der Waals surface area contributed by atoms with Gasteiger partial charge in [-0.25, -0.2) is 9.07 Å². The van der Waals surface area contributed by atoms with Crippen molar-refractivity contribution < 1.29 is 31.8 Å². The van der Waals surface area contributed by atoms with Crippen LogP contribution in [0.1, 0.15) is 18.6 Å². The van der Waals surface area contributed by atoms with E-state index in [0.717, 1.165) is 5.52 Å². The van der Waals surface area contributed by atoms with Crippen LogP contribution in [0.5, 0.6) is 11.5 Å². The zero-order chi connectivity index (χ0) is 25.2. The second-order valence-electron chi connectivity index (χ2n) is 7.83. The number of halogens is 4. The maximum absolute atomic E-state index is 13.3. The summed E-state index contributed by atoms with van der Waals surface area (Å²) in [5.74, 6) is -1.58. The van der Waals surface area contributed by atoms with Gasteiger partial charge in [0.1, 0.15) is 23.4 Å². The predicted molar refractivity (Wildman–Crippen MR) is 121 cm³/mol. The van der Waals surface area contributed by atoms with E-state index in [1.54, 1.807) is 65.5 Å².